The molecular weight excluding hydrogens is 372 g/mol. The Kier molecular flexibility index (Phi) is 5.60. The maximum Gasteiger partial charge on any atom is 0.269 e. The van der Waals surface area contributed by atoms with Crippen LogP contribution in [0.1, 0.15) is 16.8 Å². The summed E-state index contributed by atoms with van der Waals surface area (Å²) in [5.74, 6) is 0.262. The number of nitrogens with zero attached hydrogens (tertiary/aromatic N) is 3. The van der Waals surface area contributed by atoms with Gasteiger partial charge in [-0.05, 0) is 43.7 Å². The van der Waals surface area contributed by atoms with Crippen molar-refractivity contribution in [3.05, 3.63) is 81.5 Å². The van der Waals surface area contributed by atoms with Gasteiger partial charge in [0.1, 0.15) is 17.6 Å². The van der Waals surface area contributed by atoms with E-state index in [0.717, 1.165) is 16.9 Å². The third-order valence-corrected chi connectivity index (χ3v) is 4.52. The van der Waals surface area contributed by atoms with Gasteiger partial charge in [-0.25, -0.2) is 0 Å². The predicted molar refractivity (Wildman–Crippen MR) is 107 cm³/mol. The number of aromatic nitrogens is 1. The van der Waals surface area contributed by atoms with Crippen LogP contribution in [0, 0.1) is 35.3 Å². The second kappa shape index (κ2) is 8.27. The summed E-state index contributed by atoms with van der Waals surface area (Å²) in [6, 6.07) is 17.0. The number of ether oxygens (including phenoxy) is 1. The number of carbonyl (C=O) groups excluding carboxylic acids is 1. The number of para-hydroxylation sites is 1. The fourth-order valence-corrected chi connectivity index (χ4v) is 2.94. The molecule has 0 aliphatic carbocycles. The summed E-state index contributed by atoms with van der Waals surface area (Å²) in [7, 11) is 0. The summed E-state index contributed by atoms with van der Waals surface area (Å²) in [6.45, 7) is 3.41. The Balaban J connectivity index is 1.80. The average Bonchev–Trinajstić information content (AvgIpc) is 2.96. The van der Waals surface area contributed by atoms with Crippen molar-refractivity contribution in [1.82, 2.24) is 4.57 Å². The van der Waals surface area contributed by atoms with E-state index >= 15 is 0 Å². The average molecular weight is 390 g/mol. The van der Waals surface area contributed by atoms with Gasteiger partial charge in [0.25, 0.3) is 11.6 Å². The normalized spacial score (nSPS) is 10.2. The standard InChI is InChI=1S/C21H18N4O4/c1-14-15(2)24(16-6-4-3-5-7-16)21(19(14)12-22)23-20(26)13-29-18-10-8-17(9-11-18)25(27)28/h3-11H,13H2,1-2H3,(H,23,26). The Morgan fingerprint density at radius 3 is 2.41 bits per heavy atom. The number of nitro groups is 1. The van der Waals surface area contributed by atoms with E-state index in [9.17, 15) is 20.2 Å². The molecule has 2 aromatic carbocycles. The molecule has 0 fully saturated rings. The summed E-state index contributed by atoms with van der Waals surface area (Å²) in [4.78, 5) is 22.6. The molecule has 0 unspecified atom stereocenters. The number of non-ortho nitro benzene ring substituents is 1. The Morgan fingerprint density at radius 2 is 1.83 bits per heavy atom. The molecule has 1 N–H and O–H groups in total. The molecule has 0 aliphatic rings. The lowest BCUT2D eigenvalue weighted by Crippen LogP contribution is -2.22. The molecule has 0 bridgehead atoms. The first-order valence-electron chi connectivity index (χ1n) is 8.77. The summed E-state index contributed by atoms with van der Waals surface area (Å²) < 4.78 is 7.22. The van der Waals surface area contributed by atoms with Crippen LogP contribution in [0.4, 0.5) is 11.5 Å². The van der Waals surface area contributed by atoms with Crippen LogP contribution in [-0.4, -0.2) is 22.0 Å². The van der Waals surface area contributed by atoms with Crippen molar-refractivity contribution in [2.24, 2.45) is 0 Å². The van der Waals surface area contributed by atoms with E-state index in [1.807, 2.05) is 48.7 Å². The van der Waals surface area contributed by atoms with Crippen LogP contribution in [0.3, 0.4) is 0 Å². The monoisotopic (exact) mass is 390 g/mol. The molecule has 29 heavy (non-hydrogen) atoms. The van der Waals surface area contributed by atoms with Gasteiger partial charge in [0.15, 0.2) is 6.61 Å². The van der Waals surface area contributed by atoms with Crippen LogP contribution in [0.5, 0.6) is 5.75 Å². The number of nitrogens with one attached hydrogen (secondary N) is 1. The maximum atomic E-state index is 12.5. The number of amides is 1. The molecule has 3 aromatic rings. The molecule has 146 valence electrons. The summed E-state index contributed by atoms with van der Waals surface area (Å²) >= 11 is 0. The first kappa shape index (κ1) is 19.6. The second-order valence-corrected chi connectivity index (χ2v) is 6.30. The molecule has 8 heteroatoms. The maximum absolute atomic E-state index is 12.5. The molecule has 3 rings (SSSR count). The highest BCUT2D eigenvalue weighted by Crippen LogP contribution is 2.29. The van der Waals surface area contributed by atoms with Gasteiger partial charge >= 0.3 is 0 Å². The van der Waals surface area contributed by atoms with E-state index < -0.39 is 10.8 Å². The highest BCUT2D eigenvalue weighted by molar-refractivity contribution is 5.93. The minimum absolute atomic E-state index is 0.0629. The van der Waals surface area contributed by atoms with Gasteiger partial charge in [-0.3, -0.25) is 19.5 Å². The van der Waals surface area contributed by atoms with E-state index in [0.29, 0.717) is 17.1 Å². The molecule has 0 atom stereocenters. The van der Waals surface area contributed by atoms with Crippen molar-refractivity contribution in [3.8, 4) is 17.5 Å². The van der Waals surface area contributed by atoms with E-state index in [-0.39, 0.29) is 12.3 Å². The topological polar surface area (TPSA) is 110 Å². The lowest BCUT2D eigenvalue weighted by Gasteiger charge is -2.13. The molecule has 1 heterocycles. The van der Waals surface area contributed by atoms with Crippen molar-refractivity contribution in [3.63, 3.8) is 0 Å². The highest BCUT2D eigenvalue weighted by atomic mass is 16.6. The van der Waals surface area contributed by atoms with Crippen molar-refractivity contribution in [2.45, 2.75) is 13.8 Å². The Morgan fingerprint density at radius 1 is 1.17 bits per heavy atom. The van der Waals surface area contributed by atoms with Crippen LogP contribution in [0.2, 0.25) is 0 Å². The molecule has 0 radical (unpaired) electrons. The SMILES string of the molecule is Cc1c(C#N)c(NC(=O)COc2ccc([N+](=O)[O-])cc2)n(-c2ccccc2)c1C. The molecule has 0 aliphatic heterocycles. The fourth-order valence-electron chi connectivity index (χ4n) is 2.94. The predicted octanol–water partition coefficient (Wildman–Crippen LogP) is 3.89. The molecule has 0 spiro atoms. The van der Waals surface area contributed by atoms with Gasteiger partial charge in [0.05, 0.1) is 10.5 Å². The third-order valence-electron chi connectivity index (χ3n) is 4.52. The Hall–Kier alpha value is -4.12. The second-order valence-electron chi connectivity index (χ2n) is 6.30. The van der Waals surface area contributed by atoms with Crippen LogP contribution in [0.25, 0.3) is 5.69 Å². The van der Waals surface area contributed by atoms with Crippen molar-refractivity contribution in [1.29, 1.82) is 5.26 Å². The van der Waals surface area contributed by atoms with Gasteiger partial charge in [-0.15, -0.1) is 0 Å². The first-order valence-corrected chi connectivity index (χ1v) is 8.77. The lowest BCUT2D eigenvalue weighted by atomic mass is 10.2. The minimum Gasteiger partial charge on any atom is -0.484 e. The number of anilines is 1. The number of benzene rings is 2. The number of rotatable bonds is 6. The molecule has 1 aromatic heterocycles. The first-order chi connectivity index (χ1) is 13.9. The number of hydrogen-bond donors (Lipinski definition) is 1. The minimum atomic E-state index is -0.512. The van der Waals surface area contributed by atoms with Crippen molar-refractivity contribution < 1.29 is 14.5 Å². The van der Waals surface area contributed by atoms with Gasteiger partial charge in [0.2, 0.25) is 0 Å². The largest absolute Gasteiger partial charge is 0.484 e. The van der Waals surface area contributed by atoms with E-state index in [1.54, 1.807) is 0 Å². The highest BCUT2D eigenvalue weighted by Gasteiger charge is 2.20. The van der Waals surface area contributed by atoms with Gasteiger partial charge in [0, 0.05) is 23.5 Å². The van der Waals surface area contributed by atoms with Crippen molar-refractivity contribution >= 4 is 17.4 Å². The summed E-state index contributed by atoms with van der Waals surface area (Å²) in [6.07, 6.45) is 0. The Labute approximate surface area is 167 Å². The lowest BCUT2D eigenvalue weighted by molar-refractivity contribution is -0.384. The van der Waals surface area contributed by atoms with Crippen LogP contribution < -0.4 is 10.1 Å². The van der Waals surface area contributed by atoms with Gasteiger partial charge < -0.3 is 10.1 Å². The summed E-state index contributed by atoms with van der Waals surface area (Å²) in [5.41, 5.74) is 2.77. The van der Waals surface area contributed by atoms with E-state index in [4.69, 9.17) is 4.74 Å². The number of nitro benzene ring substituents is 1. The molecule has 8 nitrogen and oxygen atoms in total. The number of carbonyl (C=O) groups is 1. The number of nitriles is 1. The fraction of sp³-hybridized carbons (Fsp3) is 0.143. The molecule has 0 saturated carbocycles. The zero-order valence-electron chi connectivity index (χ0n) is 15.9. The Bertz CT molecular complexity index is 1100. The van der Waals surface area contributed by atoms with Crippen LogP contribution in [-0.2, 0) is 4.79 Å². The van der Waals surface area contributed by atoms with Gasteiger partial charge in [-0.1, -0.05) is 18.2 Å². The van der Waals surface area contributed by atoms with E-state index in [2.05, 4.69) is 11.4 Å². The zero-order chi connectivity index (χ0) is 21.0. The smallest absolute Gasteiger partial charge is 0.269 e. The van der Waals surface area contributed by atoms with Crippen LogP contribution in [0.15, 0.2) is 54.6 Å². The number of hydrogen-bond acceptors (Lipinski definition) is 5. The third kappa shape index (κ3) is 4.09. The van der Waals surface area contributed by atoms with Crippen molar-refractivity contribution in [2.75, 3.05) is 11.9 Å². The molecule has 1 amide bonds. The quantitative estimate of drug-likeness (QED) is 0.507. The van der Waals surface area contributed by atoms with Crippen LogP contribution >= 0.6 is 0 Å². The molecule has 0 saturated heterocycles. The van der Waals surface area contributed by atoms with Gasteiger partial charge in [-0.2, -0.15) is 5.26 Å². The summed E-state index contributed by atoms with van der Waals surface area (Å²) in [5, 5.41) is 23.0. The van der Waals surface area contributed by atoms with E-state index in [1.165, 1.54) is 24.3 Å². The molecular formula is C21H18N4O4. The zero-order valence-corrected chi connectivity index (χ0v) is 15.9.